The highest BCUT2D eigenvalue weighted by molar-refractivity contribution is 9.10. The number of ether oxygens (including phenoxy) is 2. The molecule has 0 radical (unpaired) electrons. The van der Waals surface area contributed by atoms with Gasteiger partial charge in [-0.1, -0.05) is 30.3 Å². The summed E-state index contributed by atoms with van der Waals surface area (Å²) in [5.74, 6) is -0.146. The number of benzene rings is 2. The first-order chi connectivity index (χ1) is 9.61. The predicted octanol–water partition coefficient (Wildman–Crippen LogP) is 3.73. The lowest BCUT2D eigenvalue weighted by molar-refractivity contribution is 0.0696. The Kier molecular flexibility index (Phi) is 4.63. The summed E-state index contributed by atoms with van der Waals surface area (Å²) in [7, 11) is 1.47. The summed E-state index contributed by atoms with van der Waals surface area (Å²) in [6.07, 6.45) is 0. The standard InChI is InChI=1S/C15H13BrO4/c1-19-13-8-11(15(17)18)7-12(16)14(13)20-9-10-5-3-2-4-6-10/h2-8H,9H2,1H3,(H,17,18). The molecule has 104 valence electrons. The molecule has 0 heterocycles. The molecule has 5 heteroatoms. The van der Waals surface area contributed by atoms with E-state index in [2.05, 4.69) is 15.9 Å². The second kappa shape index (κ2) is 6.43. The molecule has 1 N–H and O–H groups in total. The van der Waals surface area contributed by atoms with Gasteiger partial charge in [0.15, 0.2) is 11.5 Å². The maximum atomic E-state index is 11.0. The Morgan fingerprint density at radius 2 is 1.95 bits per heavy atom. The fourth-order valence-corrected chi connectivity index (χ4v) is 2.27. The van der Waals surface area contributed by atoms with Crippen molar-refractivity contribution in [2.24, 2.45) is 0 Å². The largest absolute Gasteiger partial charge is 0.493 e. The fraction of sp³-hybridized carbons (Fsp3) is 0.133. The summed E-state index contributed by atoms with van der Waals surface area (Å²) in [6, 6.07) is 12.6. The van der Waals surface area contributed by atoms with Gasteiger partial charge in [0, 0.05) is 0 Å². The zero-order chi connectivity index (χ0) is 14.5. The second-order valence-electron chi connectivity index (χ2n) is 4.07. The van der Waals surface area contributed by atoms with Crippen LogP contribution in [0, 0.1) is 0 Å². The number of hydrogen-bond donors (Lipinski definition) is 1. The summed E-state index contributed by atoms with van der Waals surface area (Å²) in [6.45, 7) is 0.377. The van der Waals surface area contributed by atoms with E-state index in [1.165, 1.54) is 19.2 Å². The van der Waals surface area contributed by atoms with Crippen molar-refractivity contribution in [2.45, 2.75) is 6.61 Å². The Labute approximate surface area is 125 Å². The van der Waals surface area contributed by atoms with Gasteiger partial charge in [0.25, 0.3) is 0 Å². The van der Waals surface area contributed by atoms with Crippen LogP contribution in [0.3, 0.4) is 0 Å². The summed E-state index contributed by atoms with van der Waals surface area (Å²) in [5.41, 5.74) is 1.16. The minimum atomic E-state index is -1.02. The lowest BCUT2D eigenvalue weighted by atomic mass is 10.2. The van der Waals surface area contributed by atoms with Crippen molar-refractivity contribution < 1.29 is 19.4 Å². The normalized spacial score (nSPS) is 10.1. The molecule has 2 aromatic carbocycles. The molecule has 2 rings (SSSR count). The SMILES string of the molecule is COc1cc(C(=O)O)cc(Br)c1OCc1ccccc1. The average Bonchev–Trinajstić information content (AvgIpc) is 2.46. The van der Waals surface area contributed by atoms with Crippen molar-refractivity contribution in [3.8, 4) is 11.5 Å². The first-order valence-corrected chi connectivity index (χ1v) is 6.68. The highest BCUT2D eigenvalue weighted by atomic mass is 79.9. The van der Waals surface area contributed by atoms with Crippen LogP contribution >= 0.6 is 15.9 Å². The Morgan fingerprint density at radius 3 is 2.55 bits per heavy atom. The van der Waals surface area contributed by atoms with Crippen LogP contribution in [0.25, 0.3) is 0 Å². The molecule has 20 heavy (non-hydrogen) atoms. The van der Waals surface area contributed by atoms with Gasteiger partial charge in [-0.3, -0.25) is 0 Å². The topological polar surface area (TPSA) is 55.8 Å². The quantitative estimate of drug-likeness (QED) is 0.903. The van der Waals surface area contributed by atoms with Gasteiger partial charge in [-0.2, -0.15) is 0 Å². The lowest BCUT2D eigenvalue weighted by Gasteiger charge is -2.13. The molecule has 4 nitrogen and oxygen atoms in total. The van der Waals surface area contributed by atoms with Crippen LogP contribution in [0.4, 0.5) is 0 Å². The maximum Gasteiger partial charge on any atom is 0.335 e. The van der Waals surface area contributed by atoms with E-state index in [-0.39, 0.29) is 5.56 Å². The van der Waals surface area contributed by atoms with E-state index in [1.807, 2.05) is 30.3 Å². The maximum absolute atomic E-state index is 11.0. The van der Waals surface area contributed by atoms with Crippen molar-refractivity contribution >= 4 is 21.9 Å². The molecule has 0 aliphatic carbocycles. The Hall–Kier alpha value is -2.01. The molecule has 0 bridgehead atoms. The molecule has 0 spiro atoms. The van der Waals surface area contributed by atoms with Crippen molar-refractivity contribution in [1.82, 2.24) is 0 Å². The molecule has 2 aromatic rings. The van der Waals surface area contributed by atoms with Crippen molar-refractivity contribution in [2.75, 3.05) is 7.11 Å². The lowest BCUT2D eigenvalue weighted by Crippen LogP contribution is -2.02. The van der Waals surface area contributed by atoms with Crippen molar-refractivity contribution in [3.63, 3.8) is 0 Å². The van der Waals surface area contributed by atoms with Gasteiger partial charge in [-0.05, 0) is 33.6 Å². The van der Waals surface area contributed by atoms with Gasteiger partial charge in [0.1, 0.15) is 6.61 Å². The van der Waals surface area contributed by atoms with E-state index in [1.54, 1.807) is 0 Å². The summed E-state index contributed by atoms with van der Waals surface area (Å²) in [5, 5.41) is 9.01. The van der Waals surface area contributed by atoms with Crippen molar-refractivity contribution in [3.05, 3.63) is 58.1 Å². The molecule has 0 unspecified atom stereocenters. The van der Waals surface area contributed by atoms with Crippen molar-refractivity contribution in [1.29, 1.82) is 0 Å². The number of carbonyl (C=O) groups is 1. The smallest absolute Gasteiger partial charge is 0.335 e. The van der Waals surface area contributed by atoms with Crippen LogP contribution in [-0.2, 0) is 6.61 Å². The Morgan fingerprint density at radius 1 is 1.25 bits per heavy atom. The molecular formula is C15H13BrO4. The van der Waals surface area contributed by atoms with Crippen LogP contribution in [-0.4, -0.2) is 18.2 Å². The Balaban J connectivity index is 2.25. The van der Waals surface area contributed by atoms with Gasteiger partial charge < -0.3 is 14.6 Å². The first-order valence-electron chi connectivity index (χ1n) is 5.89. The molecule has 0 saturated heterocycles. The summed E-state index contributed by atoms with van der Waals surface area (Å²) in [4.78, 5) is 11.0. The molecule has 0 aliphatic rings. The minimum absolute atomic E-state index is 0.140. The van der Waals surface area contributed by atoms with Gasteiger partial charge >= 0.3 is 5.97 Å². The van der Waals surface area contributed by atoms with Crippen LogP contribution in [0.15, 0.2) is 46.9 Å². The van der Waals surface area contributed by atoms with E-state index in [0.29, 0.717) is 22.6 Å². The third kappa shape index (κ3) is 3.30. The van der Waals surface area contributed by atoms with Gasteiger partial charge in [-0.15, -0.1) is 0 Å². The molecule has 0 saturated carbocycles. The zero-order valence-electron chi connectivity index (χ0n) is 10.8. The van der Waals surface area contributed by atoms with E-state index in [4.69, 9.17) is 14.6 Å². The molecule has 0 amide bonds. The molecular weight excluding hydrogens is 324 g/mol. The van der Waals surface area contributed by atoms with E-state index < -0.39 is 5.97 Å². The molecule has 0 aliphatic heterocycles. The Bertz CT molecular complexity index is 611. The minimum Gasteiger partial charge on any atom is -0.493 e. The number of carboxylic acid groups (broad SMARTS) is 1. The zero-order valence-corrected chi connectivity index (χ0v) is 12.4. The number of carboxylic acids is 1. The summed E-state index contributed by atoms with van der Waals surface area (Å²) < 4.78 is 11.4. The van der Waals surface area contributed by atoms with Crippen LogP contribution in [0.1, 0.15) is 15.9 Å². The third-order valence-electron chi connectivity index (χ3n) is 2.70. The summed E-state index contributed by atoms with van der Waals surface area (Å²) >= 11 is 3.31. The van der Waals surface area contributed by atoms with E-state index in [9.17, 15) is 4.79 Å². The van der Waals surface area contributed by atoms with Gasteiger partial charge in [0.2, 0.25) is 0 Å². The van der Waals surface area contributed by atoms with Gasteiger partial charge in [-0.25, -0.2) is 4.79 Å². The predicted molar refractivity (Wildman–Crippen MR) is 78.4 cm³/mol. The number of halogens is 1. The molecule has 0 aromatic heterocycles. The van der Waals surface area contributed by atoms with E-state index in [0.717, 1.165) is 5.56 Å². The molecule has 0 atom stereocenters. The first kappa shape index (κ1) is 14.4. The highest BCUT2D eigenvalue weighted by Gasteiger charge is 2.15. The monoisotopic (exact) mass is 336 g/mol. The number of aromatic carboxylic acids is 1. The molecule has 0 fully saturated rings. The van der Waals surface area contributed by atoms with Crippen LogP contribution < -0.4 is 9.47 Å². The third-order valence-corrected chi connectivity index (χ3v) is 3.29. The van der Waals surface area contributed by atoms with Crippen LogP contribution in [0.2, 0.25) is 0 Å². The number of methoxy groups -OCH3 is 1. The average molecular weight is 337 g/mol. The highest BCUT2D eigenvalue weighted by Crippen LogP contribution is 2.37. The fourth-order valence-electron chi connectivity index (χ4n) is 1.71. The van der Waals surface area contributed by atoms with Gasteiger partial charge in [0.05, 0.1) is 17.1 Å². The van der Waals surface area contributed by atoms with E-state index >= 15 is 0 Å². The van der Waals surface area contributed by atoms with Crippen LogP contribution in [0.5, 0.6) is 11.5 Å². The number of hydrogen-bond acceptors (Lipinski definition) is 3. The second-order valence-corrected chi connectivity index (χ2v) is 4.92. The number of rotatable bonds is 5.